The smallest absolute Gasteiger partial charge is 0.233 e. The van der Waals surface area contributed by atoms with Crippen LogP contribution in [-0.2, 0) is 24.1 Å². The topological polar surface area (TPSA) is 38.1 Å². The summed E-state index contributed by atoms with van der Waals surface area (Å²) in [6.45, 7) is 4.86. The Morgan fingerprint density at radius 1 is 1.29 bits per heavy atom. The lowest BCUT2D eigenvalue weighted by Crippen LogP contribution is -2.34. The molecule has 24 heavy (non-hydrogen) atoms. The van der Waals surface area contributed by atoms with Crippen molar-refractivity contribution in [3.63, 3.8) is 0 Å². The van der Waals surface area contributed by atoms with Crippen molar-refractivity contribution in [3.8, 4) is 0 Å². The van der Waals surface area contributed by atoms with Crippen molar-refractivity contribution in [2.75, 3.05) is 5.75 Å². The number of benzene rings is 1. The maximum atomic E-state index is 12.7. The minimum atomic E-state index is 0.231. The number of amides is 1. The average Bonchev–Trinajstić information content (AvgIpc) is 3.27. The van der Waals surface area contributed by atoms with E-state index < -0.39 is 0 Å². The van der Waals surface area contributed by atoms with Crippen molar-refractivity contribution in [2.45, 2.75) is 45.0 Å². The second-order valence-electron chi connectivity index (χ2n) is 6.70. The number of nitrogens with zero attached hydrogens (tertiary/aromatic N) is 3. The molecule has 4 nitrogen and oxygen atoms in total. The van der Waals surface area contributed by atoms with E-state index >= 15 is 0 Å². The molecule has 2 aromatic rings. The van der Waals surface area contributed by atoms with Gasteiger partial charge in [0.2, 0.25) is 5.91 Å². The SMILES string of the molecule is Cc1cc(C)cc(CSCC(=O)N(Cc2nccn2C)C2CC2)c1. The first-order chi connectivity index (χ1) is 11.5. The van der Waals surface area contributed by atoms with Crippen LogP contribution in [0.3, 0.4) is 0 Å². The molecule has 0 bridgehead atoms. The minimum absolute atomic E-state index is 0.231. The first-order valence-corrected chi connectivity index (χ1v) is 9.59. The molecule has 0 radical (unpaired) electrons. The molecule has 0 unspecified atom stereocenters. The first-order valence-electron chi connectivity index (χ1n) is 8.43. The fourth-order valence-electron chi connectivity index (χ4n) is 3.00. The third kappa shape index (κ3) is 4.41. The van der Waals surface area contributed by atoms with Gasteiger partial charge in [-0.05, 0) is 32.3 Å². The zero-order chi connectivity index (χ0) is 17.1. The van der Waals surface area contributed by atoms with Crippen LogP contribution in [0.25, 0.3) is 0 Å². The van der Waals surface area contributed by atoms with E-state index in [2.05, 4.69) is 37.0 Å². The Kier molecular flexibility index (Phi) is 5.29. The second kappa shape index (κ2) is 7.43. The lowest BCUT2D eigenvalue weighted by atomic mass is 10.1. The van der Waals surface area contributed by atoms with Gasteiger partial charge in [-0.3, -0.25) is 4.79 Å². The molecular weight excluding hydrogens is 318 g/mol. The Morgan fingerprint density at radius 3 is 2.58 bits per heavy atom. The molecule has 3 rings (SSSR count). The van der Waals surface area contributed by atoms with Crippen LogP contribution in [0.4, 0.5) is 0 Å². The van der Waals surface area contributed by atoms with Gasteiger partial charge >= 0.3 is 0 Å². The van der Waals surface area contributed by atoms with Crippen molar-refractivity contribution in [1.29, 1.82) is 0 Å². The van der Waals surface area contributed by atoms with E-state index in [0.29, 0.717) is 18.3 Å². The third-order valence-corrected chi connectivity index (χ3v) is 5.30. The van der Waals surface area contributed by atoms with Gasteiger partial charge in [0, 0.05) is 31.2 Å². The fourth-order valence-corrected chi connectivity index (χ4v) is 3.84. The molecule has 0 aliphatic heterocycles. The van der Waals surface area contributed by atoms with E-state index in [1.54, 1.807) is 18.0 Å². The number of carbonyl (C=O) groups excluding carboxylic acids is 1. The number of hydrogen-bond donors (Lipinski definition) is 0. The van der Waals surface area contributed by atoms with Crippen molar-refractivity contribution < 1.29 is 4.79 Å². The predicted octanol–water partition coefficient (Wildman–Crippen LogP) is 3.46. The van der Waals surface area contributed by atoms with Gasteiger partial charge in [0.1, 0.15) is 5.82 Å². The number of carbonyl (C=O) groups is 1. The molecule has 1 aromatic carbocycles. The number of rotatable bonds is 7. The zero-order valence-corrected chi connectivity index (χ0v) is 15.5. The molecule has 1 aromatic heterocycles. The second-order valence-corrected chi connectivity index (χ2v) is 7.68. The molecule has 5 heteroatoms. The van der Waals surface area contributed by atoms with Crippen LogP contribution in [0.1, 0.15) is 35.4 Å². The first kappa shape index (κ1) is 17.1. The average molecular weight is 343 g/mol. The number of imidazole rings is 1. The Balaban J connectivity index is 1.55. The molecule has 1 heterocycles. The van der Waals surface area contributed by atoms with E-state index in [0.717, 1.165) is 24.4 Å². The molecule has 1 aliphatic rings. The number of aromatic nitrogens is 2. The Hall–Kier alpha value is -1.75. The minimum Gasteiger partial charge on any atom is -0.337 e. The van der Waals surface area contributed by atoms with Gasteiger partial charge in [0.15, 0.2) is 0 Å². The van der Waals surface area contributed by atoms with E-state index in [1.807, 2.05) is 22.7 Å². The highest BCUT2D eigenvalue weighted by molar-refractivity contribution is 7.99. The lowest BCUT2D eigenvalue weighted by Gasteiger charge is -2.22. The summed E-state index contributed by atoms with van der Waals surface area (Å²) in [6.07, 6.45) is 5.97. The van der Waals surface area contributed by atoms with E-state index in [1.165, 1.54) is 16.7 Å². The Labute approximate surface area is 148 Å². The van der Waals surface area contributed by atoms with Crippen molar-refractivity contribution in [2.24, 2.45) is 7.05 Å². The van der Waals surface area contributed by atoms with Gasteiger partial charge in [-0.2, -0.15) is 0 Å². The highest BCUT2D eigenvalue weighted by Crippen LogP contribution is 2.29. The molecule has 0 N–H and O–H groups in total. The number of hydrogen-bond acceptors (Lipinski definition) is 3. The molecule has 1 fully saturated rings. The van der Waals surface area contributed by atoms with Crippen LogP contribution < -0.4 is 0 Å². The summed E-state index contributed by atoms with van der Waals surface area (Å²) < 4.78 is 1.99. The van der Waals surface area contributed by atoms with Crippen LogP contribution >= 0.6 is 11.8 Å². The summed E-state index contributed by atoms with van der Waals surface area (Å²) in [6, 6.07) is 7.01. The monoisotopic (exact) mass is 343 g/mol. The Morgan fingerprint density at radius 2 is 2.00 bits per heavy atom. The largest absolute Gasteiger partial charge is 0.337 e. The normalized spacial score (nSPS) is 14.0. The highest BCUT2D eigenvalue weighted by atomic mass is 32.2. The van der Waals surface area contributed by atoms with E-state index in [4.69, 9.17) is 0 Å². The summed E-state index contributed by atoms with van der Waals surface area (Å²) >= 11 is 1.70. The third-order valence-electron chi connectivity index (χ3n) is 4.32. The summed E-state index contributed by atoms with van der Waals surface area (Å²) in [5.41, 5.74) is 3.87. The number of thioether (sulfide) groups is 1. The highest BCUT2D eigenvalue weighted by Gasteiger charge is 2.32. The molecule has 1 amide bonds. The fraction of sp³-hybridized carbons (Fsp3) is 0.474. The van der Waals surface area contributed by atoms with Gasteiger partial charge in [-0.25, -0.2) is 4.98 Å². The van der Waals surface area contributed by atoms with Crippen molar-refractivity contribution in [3.05, 3.63) is 53.1 Å². The van der Waals surface area contributed by atoms with Crippen LogP contribution in [-0.4, -0.2) is 32.2 Å². The van der Waals surface area contributed by atoms with Crippen LogP contribution in [0, 0.1) is 13.8 Å². The van der Waals surface area contributed by atoms with Crippen LogP contribution in [0.5, 0.6) is 0 Å². The van der Waals surface area contributed by atoms with Crippen molar-refractivity contribution >= 4 is 17.7 Å². The van der Waals surface area contributed by atoms with Gasteiger partial charge in [0.05, 0.1) is 12.3 Å². The summed E-state index contributed by atoms with van der Waals surface area (Å²) in [5.74, 6) is 2.60. The standard InChI is InChI=1S/C19H25N3OS/c1-14-8-15(2)10-16(9-14)12-24-13-19(23)22(17-4-5-17)11-18-20-6-7-21(18)3/h6-10,17H,4-5,11-13H2,1-3H3. The summed E-state index contributed by atoms with van der Waals surface area (Å²) in [7, 11) is 1.98. The lowest BCUT2D eigenvalue weighted by molar-refractivity contribution is -0.129. The van der Waals surface area contributed by atoms with Gasteiger partial charge in [-0.1, -0.05) is 29.3 Å². The molecule has 1 saturated carbocycles. The quantitative estimate of drug-likeness (QED) is 0.773. The molecule has 0 atom stereocenters. The van der Waals surface area contributed by atoms with Gasteiger partial charge < -0.3 is 9.47 Å². The van der Waals surface area contributed by atoms with Crippen molar-refractivity contribution in [1.82, 2.24) is 14.5 Å². The predicted molar refractivity (Wildman–Crippen MR) is 98.9 cm³/mol. The molecule has 1 aliphatic carbocycles. The Bertz CT molecular complexity index is 701. The maximum Gasteiger partial charge on any atom is 0.233 e. The summed E-state index contributed by atoms with van der Waals surface area (Å²) in [4.78, 5) is 19.0. The van der Waals surface area contributed by atoms with E-state index in [9.17, 15) is 4.79 Å². The molecule has 0 spiro atoms. The number of aryl methyl sites for hydroxylation is 3. The van der Waals surface area contributed by atoms with Crippen LogP contribution in [0.15, 0.2) is 30.6 Å². The zero-order valence-electron chi connectivity index (χ0n) is 14.7. The summed E-state index contributed by atoms with van der Waals surface area (Å²) in [5, 5.41) is 0. The van der Waals surface area contributed by atoms with Crippen LogP contribution in [0.2, 0.25) is 0 Å². The maximum absolute atomic E-state index is 12.7. The molecular formula is C19H25N3OS. The van der Waals surface area contributed by atoms with E-state index in [-0.39, 0.29) is 5.91 Å². The van der Waals surface area contributed by atoms with Gasteiger partial charge in [0.25, 0.3) is 0 Å². The van der Waals surface area contributed by atoms with Gasteiger partial charge in [-0.15, -0.1) is 11.8 Å². The molecule has 0 saturated heterocycles. The molecule has 128 valence electrons.